The van der Waals surface area contributed by atoms with Crippen LogP contribution in [0.25, 0.3) is 0 Å². The van der Waals surface area contributed by atoms with Crippen molar-refractivity contribution < 1.29 is 14.6 Å². The minimum atomic E-state index is -0.724. The molecule has 1 aromatic carbocycles. The predicted octanol–water partition coefficient (Wildman–Crippen LogP) is 2.14. The number of piperazine rings is 1. The van der Waals surface area contributed by atoms with Crippen LogP contribution in [0.5, 0.6) is 5.75 Å². The number of nitrogens with zero attached hydrogens (tertiary/aromatic N) is 2. The summed E-state index contributed by atoms with van der Waals surface area (Å²) in [4.78, 5) is 15.1. The van der Waals surface area contributed by atoms with Crippen LogP contribution in [-0.4, -0.2) is 55.8 Å². The lowest BCUT2D eigenvalue weighted by Crippen LogP contribution is -2.46. The Kier molecular flexibility index (Phi) is 9.17. The molecule has 1 aliphatic heterocycles. The summed E-state index contributed by atoms with van der Waals surface area (Å²) in [5.41, 5.74) is 1.19. The fraction of sp³-hybridized carbons (Fsp3) is 0.500. The van der Waals surface area contributed by atoms with Gasteiger partial charge in [-0.15, -0.1) is 24.8 Å². The largest absolute Gasteiger partial charge is 0.497 e. The molecule has 0 unspecified atom stereocenters. The summed E-state index contributed by atoms with van der Waals surface area (Å²) in [6.07, 6.45) is 0.225. The Hall–Kier alpha value is -1.17. The molecule has 1 aliphatic rings. The van der Waals surface area contributed by atoms with Gasteiger partial charge in [-0.2, -0.15) is 0 Å². The van der Waals surface area contributed by atoms with Crippen LogP contribution in [-0.2, 0) is 4.79 Å². The second-order valence-corrected chi connectivity index (χ2v) is 4.67. The number of aliphatic carboxylic acids is 1. The van der Waals surface area contributed by atoms with Crippen molar-refractivity contribution in [3.8, 4) is 5.75 Å². The van der Waals surface area contributed by atoms with E-state index >= 15 is 0 Å². The highest BCUT2D eigenvalue weighted by Gasteiger charge is 2.17. The molecule has 0 saturated carbocycles. The third kappa shape index (κ3) is 5.99. The van der Waals surface area contributed by atoms with Gasteiger partial charge in [0.1, 0.15) is 5.75 Å². The summed E-state index contributed by atoms with van der Waals surface area (Å²) >= 11 is 0. The number of carbonyl (C=O) groups is 1. The molecule has 1 N–H and O–H groups in total. The number of hydrogen-bond donors (Lipinski definition) is 1. The van der Waals surface area contributed by atoms with Crippen molar-refractivity contribution in [1.82, 2.24) is 4.90 Å². The Morgan fingerprint density at radius 3 is 2.19 bits per heavy atom. The van der Waals surface area contributed by atoms with Crippen LogP contribution in [0, 0.1) is 0 Å². The van der Waals surface area contributed by atoms with E-state index in [1.807, 2.05) is 12.1 Å². The number of hydrogen-bond acceptors (Lipinski definition) is 4. The highest BCUT2D eigenvalue weighted by molar-refractivity contribution is 5.85. The van der Waals surface area contributed by atoms with Gasteiger partial charge in [-0.25, -0.2) is 0 Å². The van der Waals surface area contributed by atoms with Gasteiger partial charge < -0.3 is 14.7 Å². The van der Waals surface area contributed by atoms with Crippen LogP contribution in [0.4, 0.5) is 5.69 Å². The first-order valence-electron chi connectivity index (χ1n) is 6.52. The molecule has 0 radical (unpaired) electrons. The molecule has 2 rings (SSSR count). The van der Waals surface area contributed by atoms with Crippen molar-refractivity contribution in [3.63, 3.8) is 0 Å². The zero-order valence-corrected chi connectivity index (χ0v) is 13.7. The SMILES string of the molecule is COc1ccc(N2CCN(CCC(=O)O)CC2)cc1.Cl.Cl. The maximum absolute atomic E-state index is 10.5. The van der Waals surface area contributed by atoms with Crippen LogP contribution < -0.4 is 9.64 Å². The molecule has 0 aliphatic carbocycles. The van der Waals surface area contributed by atoms with Crippen LogP contribution in [0.1, 0.15) is 6.42 Å². The molecule has 0 atom stereocenters. The van der Waals surface area contributed by atoms with Crippen molar-refractivity contribution in [2.24, 2.45) is 0 Å². The van der Waals surface area contributed by atoms with E-state index in [-0.39, 0.29) is 31.2 Å². The number of benzene rings is 1. The molecule has 1 fully saturated rings. The summed E-state index contributed by atoms with van der Waals surface area (Å²) in [6.45, 7) is 4.35. The lowest BCUT2D eigenvalue weighted by atomic mass is 10.2. The van der Waals surface area contributed by atoms with Gasteiger partial charge in [0, 0.05) is 38.4 Å². The van der Waals surface area contributed by atoms with E-state index in [0.29, 0.717) is 6.54 Å². The number of ether oxygens (including phenoxy) is 1. The van der Waals surface area contributed by atoms with Crippen LogP contribution >= 0.6 is 24.8 Å². The summed E-state index contributed by atoms with van der Waals surface area (Å²) in [6, 6.07) is 8.05. The van der Waals surface area contributed by atoms with Crippen molar-refractivity contribution in [3.05, 3.63) is 24.3 Å². The Morgan fingerprint density at radius 1 is 1.14 bits per heavy atom. The second kappa shape index (κ2) is 9.71. The molecule has 0 amide bonds. The van der Waals surface area contributed by atoms with Gasteiger partial charge in [0.15, 0.2) is 0 Å². The van der Waals surface area contributed by atoms with Gasteiger partial charge in [0.2, 0.25) is 0 Å². The van der Waals surface area contributed by atoms with Crippen molar-refractivity contribution in [2.45, 2.75) is 6.42 Å². The molecule has 1 heterocycles. The normalized spacial score (nSPS) is 14.8. The van der Waals surface area contributed by atoms with Gasteiger partial charge >= 0.3 is 5.97 Å². The molecule has 21 heavy (non-hydrogen) atoms. The zero-order chi connectivity index (χ0) is 13.7. The smallest absolute Gasteiger partial charge is 0.304 e. The zero-order valence-electron chi connectivity index (χ0n) is 12.0. The monoisotopic (exact) mass is 336 g/mol. The average Bonchev–Trinajstić information content (AvgIpc) is 2.46. The number of carboxylic acid groups (broad SMARTS) is 1. The molecule has 0 spiro atoms. The van der Waals surface area contributed by atoms with E-state index in [0.717, 1.165) is 31.9 Å². The summed E-state index contributed by atoms with van der Waals surface area (Å²) in [7, 11) is 1.66. The van der Waals surface area contributed by atoms with E-state index in [1.165, 1.54) is 5.69 Å². The molecule has 1 aromatic rings. The summed E-state index contributed by atoms with van der Waals surface area (Å²) in [5, 5.41) is 8.67. The van der Waals surface area contributed by atoms with Gasteiger partial charge in [0.05, 0.1) is 13.5 Å². The van der Waals surface area contributed by atoms with Gasteiger partial charge in [-0.3, -0.25) is 9.69 Å². The highest BCUT2D eigenvalue weighted by Crippen LogP contribution is 2.20. The van der Waals surface area contributed by atoms with Crippen LogP contribution in [0.2, 0.25) is 0 Å². The van der Waals surface area contributed by atoms with E-state index in [4.69, 9.17) is 9.84 Å². The fourth-order valence-electron chi connectivity index (χ4n) is 2.28. The van der Waals surface area contributed by atoms with E-state index in [9.17, 15) is 4.79 Å². The molecule has 0 bridgehead atoms. The third-order valence-electron chi connectivity index (χ3n) is 3.45. The van der Waals surface area contributed by atoms with Crippen LogP contribution in [0.15, 0.2) is 24.3 Å². The molecule has 120 valence electrons. The Balaban J connectivity index is 0.00000200. The van der Waals surface area contributed by atoms with Gasteiger partial charge in [-0.1, -0.05) is 0 Å². The topological polar surface area (TPSA) is 53.0 Å². The maximum Gasteiger partial charge on any atom is 0.304 e. The van der Waals surface area contributed by atoms with E-state index < -0.39 is 5.97 Å². The summed E-state index contributed by atoms with van der Waals surface area (Å²) in [5.74, 6) is 0.140. The van der Waals surface area contributed by atoms with Gasteiger partial charge in [0.25, 0.3) is 0 Å². The predicted molar refractivity (Wildman–Crippen MR) is 88.4 cm³/mol. The van der Waals surface area contributed by atoms with Crippen LogP contribution in [0.3, 0.4) is 0 Å². The van der Waals surface area contributed by atoms with E-state index in [1.54, 1.807) is 7.11 Å². The number of halogens is 2. The number of methoxy groups -OCH3 is 1. The first kappa shape index (κ1) is 19.8. The highest BCUT2D eigenvalue weighted by atomic mass is 35.5. The van der Waals surface area contributed by atoms with E-state index in [2.05, 4.69) is 21.9 Å². The first-order chi connectivity index (χ1) is 9.19. The third-order valence-corrected chi connectivity index (χ3v) is 3.45. The first-order valence-corrected chi connectivity index (χ1v) is 6.52. The molecule has 0 aromatic heterocycles. The molecular weight excluding hydrogens is 315 g/mol. The minimum absolute atomic E-state index is 0. The lowest BCUT2D eigenvalue weighted by Gasteiger charge is -2.35. The maximum atomic E-state index is 10.5. The minimum Gasteiger partial charge on any atom is -0.497 e. The van der Waals surface area contributed by atoms with Crippen molar-refractivity contribution in [1.29, 1.82) is 0 Å². The van der Waals surface area contributed by atoms with Crippen molar-refractivity contribution in [2.75, 3.05) is 44.7 Å². The quantitative estimate of drug-likeness (QED) is 0.892. The number of anilines is 1. The number of carboxylic acids is 1. The Morgan fingerprint density at radius 2 is 1.71 bits per heavy atom. The molecule has 1 saturated heterocycles. The molecular formula is C14H22Cl2N2O3. The second-order valence-electron chi connectivity index (χ2n) is 4.67. The standard InChI is InChI=1S/C14H20N2O3.2ClH/c1-19-13-4-2-12(3-5-13)16-10-8-15(9-11-16)7-6-14(17)18;;/h2-5H,6-11H2,1H3,(H,17,18);2*1H. The lowest BCUT2D eigenvalue weighted by molar-refractivity contribution is -0.137. The summed E-state index contributed by atoms with van der Waals surface area (Å²) < 4.78 is 5.15. The fourth-order valence-corrected chi connectivity index (χ4v) is 2.28. The molecule has 7 heteroatoms. The number of rotatable bonds is 5. The average molecular weight is 337 g/mol. The Labute approximate surface area is 137 Å². The Bertz CT molecular complexity index is 421. The molecule has 5 nitrogen and oxygen atoms in total. The van der Waals surface area contributed by atoms with Crippen molar-refractivity contribution >= 4 is 36.5 Å². The van der Waals surface area contributed by atoms with Gasteiger partial charge in [-0.05, 0) is 24.3 Å².